The first kappa shape index (κ1) is 21.7. The van der Waals surface area contributed by atoms with Crippen molar-refractivity contribution in [3.63, 3.8) is 0 Å². The van der Waals surface area contributed by atoms with Crippen LogP contribution in [0.2, 0.25) is 0 Å². The fourth-order valence-electron chi connectivity index (χ4n) is 4.78. The summed E-state index contributed by atoms with van der Waals surface area (Å²) in [5, 5.41) is 8.07. The number of aromatic nitrogens is 3. The maximum absolute atomic E-state index is 12.6. The van der Waals surface area contributed by atoms with Crippen LogP contribution in [0.4, 0.5) is 5.82 Å². The predicted molar refractivity (Wildman–Crippen MR) is 123 cm³/mol. The van der Waals surface area contributed by atoms with Crippen LogP contribution in [0.15, 0.2) is 24.3 Å². The first-order chi connectivity index (χ1) is 15.8. The monoisotopic (exact) mass is 470 g/mol. The molecule has 0 spiro atoms. The number of rotatable bonds is 5. The van der Waals surface area contributed by atoms with Crippen molar-refractivity contribution in [3.05, 3.63) is 46.8 Å². The van der Waals surface area contributed by atoms with Crippen LogP contribution < -0.4 is 5.32 Å². The summed E-state index contributed by atoms with van der Waals surface area (Å²) in [6.45, 7) is 1.32. The average Bonchev–Trinajstić information content (AvgIpc) is 3.45. The lowest BCUT2D eigenvalue weighted by Gasteiger charge is -2.14. The van der Waals surface area contributed by atoms with Gasteiger partial charge in [0.25, 0.3) is 5.91 Å². The predicted octanol–water partition coefficient (Wildman–Crippen LogP) is 2.71. The maximum Gasteiger partial charge on any atom is 0.338 e. The number of carbonyl (C=O) groups excluding carboxylic acids is 2. The summed E-state index contributed by atoms with van der Waals surface area (Å²) in [6.07, 6.45) is 4.77. The highest BCUT2D eigenvalue weighted by molar-refractivity contribution is 7.91. The molecule has 1 unspecified atom stereocenters. The number of benzene rings is 1. The van der Waals surface area contributed by atoms with Crippen molar-refractivity contribution in [2.45, 2.75) is 45.1 Å². The molecule has 2 N–H and O–H groups in total. The van der Waals surface area contributed by atoms with E-state index in [-0.39, 0.29) is 17.5 Å². The van der Waals surface area contributed by atoms with E-state index in [0.29, 0.717) is 23.5 Å². The zero-order valence-corrected chi connectivity index (χ0v) is 19.2. The van der Waals surface area contributed by atoms with Crippen molar-refractivity contribution in [2.24, 2.45) is 0 Å². The molecule has 174 valence electrons. The second kappa shape index (κ2) is 8.33. The van der Waals surface area contributed by atoms with Gasteiger partial charge in [-0.1, -0.05) is 0 Å². The number of nitrogens with zero attached hydrogens (tertiary/aromatic N) is 2. The summed E-state index contributed by atoms with van der Waals surface area (Å²) in [7, 11) is -3.09. The zero-order valence-electron chi connectivity index (χ0n) is 18.4. The Morgan fingerprint density at radius 3 is 2.85 bits per heavy atom. The number of hydrogen-bond donors (Lipinski definition) is 2. The summed E-state index contributed by atoms with van der Waals surface area (Å²) in [5.74, 6) is -0.570. The van der Waals surface area contributed by atoms with Gasteiger partial charge < -0.3 is 15.0 Å². The Morgan fingerprint density at radius 2 is 2.06 bits per heavy atom. The van der Waals surface area contributed by atoms with E-state index in [0.717, 1.165) is 30.2 Å². The summed E-state index contributed by atoms with van der Waals surface area (Å²) in [6, 6.07) is 6.76. The number of H-pyrrole nitrogens is 1. The van der Waals surface area contributed by atoms with Crippen LogP contribution in [0.25, 0.3) is 10.9 Å². The van der Waals surface area contributed by atoms with Gasteiger partial charge in [0.05, 0.1) is 28.8 Å². The summed E-state index contributed by atoms with van der Waals surface area (Å²) < 4.78 is 30.4. The molecule has 3 heterocycles. The molecule has 0 bridgehead atoms. The standard InChI is InChI=1S/C23H26N4O5S/c1-14-10-21(27(26-14)16-8-9-33(30,31)13-16)25-22(28)12-32-23(29)15-6-7-20-18(11-15)17-4-2-3-5-19(17)24-20/h6-7,10-11,16,24H,2-5,8-9,12-13H2,1H3,(H,25,28). The Bertz CT molecular complexity index is 1350. The van der Waals surface area contributed by atoms with E-state index in [1.807, 2.05) is 12.1 Å². The van der Waals surface area contributed by atoms with Gasteiger partial charge in [0, 0.05) is 22.7 Å². The van der Waals surface area contributed by atoms with Gasteiger partial charge in [-0.3, -0.25) is 4.79 Å². The van der Waals surface area contributed by atoms with Crippen LogP contribution in [-0.2, 0) is 32.2 Å². The number of anilines is 1. The second-order valence-electron chi connectivity index (χ2n) is 8.85. The first-order valence-electron chi connectivity index (χ1n) is 11.2. The number of amides is 1. The normalized spacial score (nSPS) is 19.4. The summed E-state index contributed by atoms with van der Waals surface area (Å²) in [4.78, 5) is 28.5. The molecule has 0 radical (unpaired) electrons. The molecular formula is C23H26N4O5S. The number of carbonyl (C=O) groups is 2. The third-order valence-electron chi connectivity index (χ3n) is 6.35. The number of ether oxygens (including phenoxy) is 1. The van der Waals surface area contributed by atoms with Crippen molar-refractivity contribution >= 4 is 38.4 Å². The number of hydrogen-bond acceptors (Lipinski definition) is 6. The smallest absolute Gasteiger partial charge is 0.338 e. The highest BCUT2D eigenvalue weighted by atomic mass is 32.2. The lowest BCUT2D eigenvalue weighted by Crippen LogP contribution is -2.24. The lowest BCUT2D eigenvalue weighted by molar-refractivity contribution is -0.119. The molecule has 9 nitrogen and oxygen atoms in total. The summed E-state index contributed by atoms with van der Waals surface area (Å²) >= 11 is 0. The molecule has 1 aliphatic carbocycles. The number of nitrogens with one attached hydrogen (secondary N) is 2. The van der Waals surface area contributed by atoms with E-state index in [1.54, 1.807) is 23.7 Å². The van der Waals surface area contributed by atoms with E-state index < -0.39 is 28.3 Å². The SMILES string of the molecule is Cc1cc(NC(=O)COC(=O)c2ccc3[nH]c4c(c3c2)CCCC4)n(C2CCS(=O)(=O)C2)n1. The molecule has 0 saturated carbocycles. The van der Waals surface area contributed by atoms with Gasteiger partial charge in [-0.2, -0.15) is 5.10 Å². The Balaban J connectivity index is 1.24. The van der Waals surface area contributed by atoms with Gasteiger partial charge in [-0.25, -0.2) is 17.9 Å². The van der Waals surface area contributed by atoms with Gasteiger partial charge in [0.15, 0.2) is 16.4 Å². The molecule has 1 fully saturated rings. The van der Waals surface area contributed by atoms with Crippen LogP contribution >= 0.6 is 0 Å². The third-order valence-corrected chi connectivity index (χ3v) is 8.10. The van der Waals surface area contributed by atoms with Crippen LogP contribution in [0.5, 0.6) is 0 Å². The number of fused-ring (bicyclic) bond motifs is 3. The number of esters is 1. The minimum absolute atomic E-state index is 0.00267. The Morgan fingerprint density at radius 1 is 1.24 bits per heavy atom. The number of sulfone groups is 1. The largest absolute Gasteiger partial charge is 0.452 e. The van der Waals surface area contributed by atoms with E-state index >= 15 is 0 Å². The Labute approximate surface area is 191 Å². The molecule has 2 aromatic heterocycles. The zero-order chi connectivity index (χ0) is 23.2. The Hall–Kier alpha value is -3.14. The lowest BCUT2D eigenvalue weighted by atomic mass is 9.95. The minimum atomic E-state index is -3.09. The molecule has 1 atom stereocenters. The van der Waals surface area contributed by atoms with E-state index in [9.17, 15) is 18.0 Å². The van der Waals surface area contributed by atoms with Crippen LogP contribution in [-0.4, -0.2) is 53.2 Å². The van der Waals surface area contributed by atoms with E-state index in [4.69, 9.17) is 4.74 Å². The molecular weight excluding hydrogens is 444 g/mol. The van der Waals surface area contributed by atoms with Gasteiger partial charge in [-0.05, 0) is 62.8 Å². The van der Waals surface area contributed by atoms with Crippen LogP contribution in [0.3, 0.4) is 0 Å². The maximum atomic E-state index is 12.6. The third kappa shape index (κ3) is 4.39. The van der Waals surface area contributed by atoms with E-state index in [1.165, 1.54) is 17.7 Å². The van der Waals surface area contributed by atoms with E-state index in [2.05, 4.69) is 15.4 Å². The summed E-state index contributed by atoms with van der Waals surface area (Å²) in [5.41, 5.74) is 4.58. The van der Waals surface area contributed by atoms with Crippen molar-refractivity contribution in [2.75, 3.05) is 23.4 Å². The highest BCUT2D eigenvalue weighted by Crippen LogP contribution is 2.30. The molecule has 33 heavy (non-hydrogen) atoms. The molecule has 1 saturated heterocycles. The molecule has 2 aliphatic rings. The van der Waals surface area contributed by atoms with Crippen molar-refractivity contribution in [3.8, 4) is 0 Å². The van der Waals surface area contributed by atoms with Crippen molar-refractivity contribution in [1.82, 2.24) is 14.8 Å². The number of aryl methyl sites for hydroxylation is 3. The van der Waals surface area contributed by atoms with Gasteiger partial charge in [-0.15, -0.1) is 0 Å². The molecule has 1 aliphatic heterocycles. The topological polar surface area (TPSA) is 123 Å². The average molecular weight is 471 g/mol. The minimum Gasteiger partial charge on any atom is -0.452 e. The fourth-order valence-corrected chi connectivity index (χ4v) is 6.47. The van der Waals surface area contributed by atoms with Gasteiger partial charge >= 0.3 is 5.97 Å². The quantitative estimate of drug-likeness (QED) is 0.553. The number of aromatic amines is 1. The molecule has 1 amide bonds. The molecule has 3 aromatic rings. The van der Waals surface area contributed by atoms with Crippen molar-refractivity contribution < 1.29 is 22.7 Å². The van der Waals surface area contributed by atoms with Crippen LogP contribution in [0.1, 0.15) is 52.6 Å². The second-order valence-corrected chi connectivity index (χ2v) is 11.1. The van der Waals surface area contributed by atoms with Crippen LogP contribution in [0, 0.1) is 6.92 Å². The molecule has 1 aromatic carbocycles. The Kier molecular flexibility index (Phi) is 5.48. The highest BCUT2D eigenvalue weighted by Gasteiger charge is 2.31. The molecule has 10 heteroatoms. The van der Waals surface area contributed by atoms with Gasteiger partial charge in [0.2, 0.25) is 0 Å². The van der Waals surface area contributed by atoms with Crippen molar-refractivity contribution in [1.29, 1.82) is 0 Å². The fraction of sp³-hybridized carbons (Fsp3) is 0.435. The molecule has 5 rings (SSSR count). The first-order valence-corrected chi connectivity index (χ1v) is 13.0. The van der Waals surface area contributed by atoms with Gasteiger partial charge in [0.1, 0.15) is 5.82 Å².